The number of carbonyl (C=O) groups excluding carboxylic acids is 2. The highest BCUT2D eigenvalue weighted by atomic mass is 35.5. The van der Waals surface area contributed by atoms with Gasteiger partial charge in [-0.2, -0.15) is 0 Å². The van der Waals surface area contributed by atoms with E-state index in [2.05, 4.69) is 4.74 Å². The molecule has 0 saturated carbocycles. The van der Waals surface area contributed by atoms with Gasteiger partial charge in [-0.3, -0.25) is 4.79 Å². The summed E-state index contributed by atoms with van der Waals surface area (Å²) >= 11 is 5.82. The summed E-state index contributed by atoms with van der Waals surface area (Å²) in [6.45, 7) is -0.0732. The number of ether oxygens (including phenoxy) is 2. The third kappa shape index (κ3) is 3.64. The van der Waals surface area contributed by atoms with Crippen LogP contribution in [-0.2, 0) is 14.3 Å². The zero-order valence-electron chi connectivity index (χ0n) is 9.23. The Morgan fingerprint density at radius 1 is 1.41 bits per heavy atom. The maximum atomic E-state index is 11.6. The summed E-state index contributed by atoms with van der Waals surface area (Å²) in [5, 5.41) is 0.216. The number of methoxy groups -OCH3 is 1. The highest BCUT2D eigenvalue weighted by Crippen LogP contribution is 2.22. The molecule has 0 radical (unpaired) electrons. The molecule has 1 rings (SSSR count). The van der Waals surface area contributed by atoms with E-state index < -0.39 is 11.9 Å². The van der Waals surface area contributed by atoms with Crippen LogP contribution in [0.1, 0.15) is 16.8 Å². The predicted molar refractivity (Wildman–Crippen MR) is 62.8 cm³/mol. The van der Waals surface area contributed by atoms with E-state index in [9.17, 15) is 9.59 Å². The SMILES string of the molecule is COC(=O)CCOC(=O)c1c(N)cccc1Cl. The summed E-state index contributed by atoms with van der Waals surface area (Å²) in [6.07, 6.45) is -0.00734. The van der Waals surface area contributed by atoms with Gasteiger partial charge >= 0.3 is 11.9 Å². The number of hydrogen-bond donors (Lipinski definition) is 1. The fraction of sp³-hybridized carbons (Fsp3) is 0.273. The maximum absolute atomic E-state index is 11.6. The summed E-state index contributed by atoms with van der Waals surface area (Å²) in [5.74, 6) is -1.11. The summed E-state index contributed by atoms with van der Waals surface area (Å²) < 4.78 is 9.26. The molecule has 0 spiro atoms. The van der Waals surface area contributed by atoms with Crippen LogP contribution in [-0.4, -0.2) is 25.7 Å². The van der Waals surface area contributed by atoms with Crippen LogP contribution < -0.4 is 5.73 Å². The molecule has 2 N–H and O–H groups in total. The van der Waals surface area contributed by atoms with Crippen LogP contribution in [0.2, 0.25) is 5.02 Å². The quantitative estimate of drug-likeness (QED) is 0.655. The van der Waals surface area contributed by atoms with E-state index in [1.54, 1.807) is 12.1 Å². The van der Waals surface area contributed by atoms with Crippen molar-refractivity contribution in [3.63, 3.8) is 0 Å². The largest absolute Gasteiger partial charge is 0.469 e. The van der Waals surface area contributed by atoms with Crippen molar-refractivity contribution in [3.05, 3.63) is 28.8 Å². The average Bonchev–Trinajstić information content (AvgIpc) is 2.28. The summed E-state index contributed by atoms with van der Waals surface area (Å²) in [7, 11) is 1.26. The average molecular weight is 258 g/mol. The minimum atomic E-state index is -0.656. The molecule has 17 heavy (non-hydrogen) atoms. The number of rotatable bonds is 4. The van der Waals surface area contributed by atoms with Crippen molar-refractivity contribution in [2.45, 2.75) is 6.42 Å². The lowest BCUT2D eigenvalue weighted by Gasteiger charge is -2.07. The topological polar surface area (TPSA) is 78.6 Å². The van der Waals surface area contributed by atoms with Gasteiger partial charge in [0.2, 0.25) is 0 Å². The number of hydrogen-bond acceptors (Lipinski definition) is 5. The second-order valence-corrected chi connectivity index (χ2v) is 3.57. The molecule has 0 saturated heterocycles. The lowest BCUT2D eigenvalue weighted by Crippen LogP contribution is -2.12. The number of nitrogen functional groups attached to an aromatic ring is 1. The van der Waals surface area contributed by atoms with Gasteiger partial charge in [0.05, 0.1) is 18.6 Å². The number of anilines is 1. The van der Waals surface area contributed by atoms with Crippen molar-refractivity contribution in [3.8, 4) is 0 Å². The molecule has 0 unspecified atom stereocenters. The highest BCUT2D eigenvalue weighted by Gasteiger charge is 2.15. The van der Waals surface area contributed by atoms with Gasteiger partial charge in [-0.1, -0.05) is 17.7 Å². The molecule has 0 amide bonds. The minimum Gasteiger partial charge on any atom is -0.469 e. The van der Waals surface area contributed by atoms with Gasteiger partial charge in [-0.05, 0) is 12.1 Å². The molecule has 92 valence electrons. The van der Waals surface area contributed by atoms with Crippen LogP contribution in [0.3, 0.4) is 0 Å². The molecular weight excluding hydrogens is 246 g/mol. The molecule has 0 aliphatic carbocycles. The van der Waals surface area contributed by atoms with Gasteiger partial charge in [0.15, 0.2) is 0 Å². The lowest BCUT2D eigenvalue weighted by molar-refractivity contribution is -0.141. The Morgan fingerprint density at radius 3 is 2.71 bits per heavy atom. The highest BCUT2D eigenvalue weighted by molar-refractivity contribution is 6.34. The first-order valence-corrected chi connectivity index (χ1v) is 5.22. The standard InChI is InChI=1S/C11H12ClNO4/c1-16-9(14)5-6-17-11(15)10-7(12)3-2-4-8(10)13/h2-4H,5-6,13H2,1H3. The summed E-state index contributed by atoms with van der Waals surface area (Å²) in [6, 6.07) is 4.71. The molecule has 1 aromatic rings. The molecule has 0 fully saturated rings. The van der Waals surface area contributed by atoms with E-state index in [1.165, 1.54) is 13.2 Å². The zero-order chi connectivity index (χ0) is 12.8. The van der Waals surface area contributed by atoms with E-state index >= 15 is 0 Å². The number of carbonyl (C=O) groups is 2. The van der Waals surface area contributed by atoms with Crippen LogP contribution in [0.4, 0.5) is 5.69 Å². The Labute approximate surface area is 103 Å². The van der Waals surface area contributed by atoms with Crippen LogP contribution in [0.5, 0.6) is 0 Å². The van der Waals surface area contributed by atoms with Gasteiger partial charge < -0.3 is 15.2 Å². The van der Waals surface area contributed by atoms with E-state index in [0.717, 1.165) is 0 Å². The van der Waals surface area contributed by atoms with Gasteiger partial charge in [-0.25, -0.2) is 4.79 Å². The minimum absolute atomic E-state index is 0.00734. The number of esters is 2. The Balaban J connectivity index is 2.61. The molecule has 5 nitrogen and oxygen atoms in total. The second kappa shape index (κ2) is 6.10. The van der Waals surface area contributed by atoms with E-state index in [-0.39, 0.29) is 29.3 Å². The van der Waals surface area contributed by atoms with Crippen molar-refractivity contribution in [2.75, 3.05) is 19.5 Å². The van der Waals surface area contributed by atoms with Crippen molar-refractivity contribution in [2.24, 2.45) is 0 Å². The Bertz CT molecular complexity index is 413. The first kappa shape index (κ1) is 13.3. The van der Waals surface area contributed by atoms with Crippen LogP contribution >= 0.6 is 11.6 Å². The molecule has 1 aromatic carbocycles. The van der Waals surface area contributed by atoms with Crippen molar-refractivity contribution in [1.82, 2.24) is 0 Å². The molecular formula is C11H12ClNO4. The predicted octanol–water partition coefficient (Wildman–Crippen LogP) is 1.64. The lowest BCUT2D eigenvalue weighted by atomic mass is 10.2. The first-order valence-electron chi connectivity index (χ1n) is 4.84. The number of halogens is 1. The fourth-order valence-corrected chi connectivity index (χ4v) is 1.42. The molecule has 0 aliphatic heterocycles. The Hall–Kier alpha value is -1.75. The first-order chi connectivity index (χ1) is 8.06. The summed E-state index contributed by atoms with van der Waals surface area (Å²) in [5.41, 5.74) is 5.95. The van der Waals surface area contributed by atoms with Crippen molar-refractivity contribution >= 4 is 29.2 Å². The van der Waals surface area contributed by atoms with Crippen molar-refractivity contribution < 1.29 is 19.1 Å². The van der Waals surface area contributed by atoms with Crippen LogP contribution in [0.25, 0.3) is 0 Å². The molecule has 0 bridgehead atoms. The zero-order valence-corrected chi connectivity index (χ0v) is 9.99. The van der Waals surface area contributed by atoms with Gasteiger partial charge in [0.1, 0.15) is 12.2 Å². The normalized spacial score (nSPS) is 9.76. The maximum Gasteiger partial charge on any atom is 0.341 e. The molecule has 0 aromatic heterocycles. The van der Waals surface area contributed by atoms with Gasteiger partial charge in [0, 0.05) is 5.69 Å². The molecule has 0 atom stereocenters. The Morgan fingerprint density at radius 2 is 2.12 bits per heavy atom. The van der Waals surface area contributed by atoms with Crippen molar-refractivity contribution in [1.29, 1.82) is 0 Å². The van der Waals surface area contributed by atoms with Gasteiger partial charge in [0.25, 0.3) is 0 Å². The fourth-order valence-electron chi connectivity index (χ4n) is 1.16. The number of benzene rings is 1. The van der Waals surface area contributed by atoms with Crippen LogP contribution in [0, 0.1) is 0 Å². The molecule has 0 heterocycles. The van der Waals surface area contributed by atoms with Gasteiger partial charge in [-0.15, -0.1) is 0 Å². The summed E-state index contributed by atoms with van der Waals surface area (Å²) in [4.78, 5) is 22.4. The monoisotopic (exact) mass is 257 g/mol. The second-order valence-electron chi connectivity index (χ2n) is 3.17. The smallest absolute Gasteiger partial charge is 0.341 e. The van der Waals surface area contributed by atoms with E-state index in [1.807, 2.05) is 0 Å². The third-order valence-electron chi connectivity index (χ3n) is 2.02. The van der Waals surface area contributed by atoms with Crippen LogP contribution in [0.15, 0.2) is 18.2 Å². The van der Waals surface area contributed by atoms with E-state index in [4.69, 9.17) is 22.1 Å². The Kier molecular flexibility index (Phi) is 4.78. The molecule has 6 heteroatoms. The van der Waals surface area contributed by atoms with E-state index in [0.29, 0.717) is 0 Å². The third-order valence-corrected chi connectivity index (χ3v) is 2.33. The molecule has 0 aliphatic rings. The number of nitrogens with two attached hydrogens (primary N) is 1.